The highest BCUT2D eigenvalue weighted by Crippen LogP contribution is 2.59. The van der Waals surface area contributed by atoms with Gasteiger partial charge in [-0.15, -0.1) is 0 Å². The largest absolute Gasteiger partial charge is 0.469 e. The normalized spacial score (nSPS) is 23.8. The second-order valence-electron chi connectivity index (χ2n) is 5.59. The van der Waals surface area contributed by atoms with E-state index in [4.69, 9.17) is 16.3 Å². The first-order valence-corrected chi connectivity index (χ1v) is 7.07. The number of methoxy groups -OCH3 is 1. The van der Waals surface area contributed by atoms with E-state index in [0.717, 1.165) is 19.3 Å². The van der Waals surface area contributed by atoms with Crippen LogP contribution in [0.1, 0.15) is 19.3 Å². The molecule has 1 aliphatic carbocycles. The molecule has 1 saturated carbocycles. The van der Waals surface area contributed by atoms with Crippen molar-refractivity contribution in [1.82, 2.24) is 4.98 Å². The zero-order valence-electron chi connectivity index (χ0n) is 11.2. The number of pyridine rings is 1. The zero-order valence-corrected chi connectivity index (χ0v) is 12.0. The molecule has 1 aliphatic heterocycles. The van der Waals surface area contributed by atoms with Crippen molar-refractivity contribution in [2.75, 3.05) is 25.1 Å². The van der Waals surface area contributed by atoms with Gasteiger partial charge in [0.1, 0.15) is 0 Å². The van der Waals surface area contributed by atoms with Gasteiger partial charge in [-0.25, -0.2) is 9.37 Å². The first-order chi connectivity index (χ1) is 9.55. The molecule has 2 aliphatic rings. The second kappa shape index (κ2) is 4.88. The number of piperidine rings is 1. The van der Waals surface area contributed by atoms with Crippen LogP contribution in [0.25, 0.3) is 0 Å². The van der Waals surface area contributed by atoms with E-state index in [1.807, 2.05) is 4.90 Å². The Morgan fingerprint density at radius 2 is 2.25 bits per heavy atom. The molecular weight excluding hydrogens is 283 g/mol. The summed E-state index contributed by atoms with van der Waals surface area (Å²) < 4.78 is 18.6. The SMILES string of the molecule is COC(=O)C1CC12CCN(c1ncc(Cl)cc1F)CC2. The van der Waals surface area contributed by atoms with Crippen molar-refractivity contribution in [3.8, 4) is 0 Å². The molecule has 4 nitrogen and oxygen atoms in total. The average Bonchev–Trinajstić information content (AvgIpc) is 3.13. The molecule has 1 atom stereocenters. The summed E-state index contributed by atoms with van der Waals surface area (Å²) in [7, 11) is 1.43. The van der Waals surface area contributed by atoms with E-state index in [9.17, 15) is 9.18 Å². The van der Waals surface area contributed by atoms with Gasteiger partial charge in [-0.05, 0) is 30.7 Å². The van der Waals surface area contributed by atoms with Crippen molar-refractivity contribution in [3.05, 3.63) is 23.1 Å². The van der Waals surface area contributed by atoms with Crippen LogP contribution in [0.3, 0.4) is 0 Å². The Bertz CT molecular complexity index is 544. The van der Waals surface area contributed by atoms with Crippen LogP contribution in [0.2, 0.25) is 5.02 Å². The van der Waals surface area contributed by atoms with Crippen molar-refractivity contribution in [1.29, 1.82) is 0 Å². The summed E-state index contributed by atoms with van der Waals surface area (Å²) in [6, 6.07) is 1.28. The molecule has 1 unspecified atom stereocenters. The Morgan fingerprint density at radius 1 is 1.55 bits per heavy atom. The molecule has 6 heteroatoms. The van der Waals surface area contributed by atoms with E-state index in [-0.39, 0.29) is 17.3 Å². The molecule has 0 radical (unpaired) electrons. The number of hydrogen-bond donors (Lipinski definition) is 0. The minimum Gasteiger partial charge on any atom is -0.469 e. The van der Waals surface area contributed by atoms with Gasteiger partial charge in [-0.2, -0.15) is 0 Å². The Morgan fingerprint density at radius 3 is 2.85 bits per heavy atom. The summed E-state index contributed by atoms with van der Waals surface area (Å²) in [6.45, 7) is 1.41. The lowest BCUT2D eigenvalue weighted by Gasteiger charge is -2.33. The van der Waals surface area contributed by atoms with Gasteiger partial charge in [-0.1, -0.05) is 11.6 Å². The number of nitrogens with zero attached hydrogens (tertiary/aromatic N) is 2. The summed E-state index contributed by atoms with van der Waals surface area (Å²) in [5.41, 5.74) is 0.0759. The lowest BCUT2D eigenvalue weighted by atomic mass is 9.91. The minimum atomic E-state index is -0.395. The number of halogens is 2. The van der Waals surface area contributed by atoms with Crippen LogP contribution in [0, 0.1) is 17.2 Å². The first kappa shape index (κ1) is 13.6. The fourth-order valence-corrected chi connectivity index (χ4v) is 3.32. The third kappa shape index (κ3) is 2.24. The van der Waals surface area contributed by atoms with E-state index < -0.39 is 5.82 Å². The number of aromatic nitrogens is 1. The lowest BCUT2D eigenvalue weighted by molar-refractivity contribution is -0.143. The van der Waals surface area contributed by atoms with E-state index in [1.54, 1.807) is 0 Å². The maximum absolute atomic E-state index is 13.8. The predicted molar refractivity (Wildman–Crippen MR) is 73.2 cm³/mol. The van der Waals surface area contributed by atoms with Crippen molar-refractivity contribution in [3.63, 3.8) is 0 Å². The summed E-state index contributed by atoms with van der Waals surface area (Å²) in [6.07, 6.45) is 4.09. The molecule has 108 valence electrons. The number of esters is 1. The zero-order chi connectivity index (χ0) is 14.3. The van der Waals surface area contributed by atoms with Crippen LogP contribution >= 0.6 is 11.6 Å². The van der Waals surface area contributed by atoms with Crippen molar-refractivity contribution >= 4 is 23.4 Å². The molecule has 1 aromatic heterocycles. The molecule has 2 fully saturated rings. The molecule has 1 spiro atoms. The average molecular weight is 299 g/mol. The topological polar surface area (TPSA) is 42.4 Å². The Kier molecular flexibility index (Phi) is 3.32. The third-order valence-electron chi connectivity index (χ3n) is 4.52. The number of rotatable bonds is 2. The van der Waals surface area contributed by atoms with Crippen LogP contribution in [0.4, 0.5) is 10.2 Å². The van der Waals surface area contributed by atoms with Crippen LogP contribution in [0.15, 0.2) is 12.3 Å². The first-order valence-electron chi connectivity index (χ1n) is 6.69. The van der Waals surface area contributed by atoms with Crippen molar-refractivity contribution in [2.45, 2.75) is 19.3 Å². The Labute approximate surface area is 121 Å². The number of anilines is 1. The highest BCUT2D eigenvalue weighted by atomic mass is 35.5. The summed E-state index contributed by atoms with van der Waals surface area (Å²) in [4.78, 5) is 17.6. The summed E-state index contributed by atoms with van der Waals surface area (Å²) >= 11 is 5.71. The predicted octanol–water partition coefficient (Wildman–Crippen LogP) is 2.65. The van der Waals surface area contributed by atoms with Crippen LogP contribution in [-0.2, 0) is 9.53 Å². The standard InChI is InChI=1S/C14H16ClFN2O2/c1-20-13(19)10-7-14(10)2-4-18(5-3-14)12-11(16)6-9(15)8-17-12/h6,8,10H,2-5,7H2,1H3. The second-order valence-corrected chi connectivity index (χ2v) is 6.02. The van der Waals surface area contributed by atoms with E-state index in [2.05, 4.69) is 4.98 Å². The van der Waals surface area contributed by atoms with Gasteiger partial charge in [0.2, 0.25) is 0 Å². The fourth-order valence-electron chi connectivity index (χ4n) is 3.18. The third-order valence-corrected chi connectivity index (χ3v) is 4.73. The Balaban J connectivity index is 1.66. The van der Waals surface area contributed by atoms with Gasteiger partial charge in [0.25, 0.3) is 0 Å². The van der Waals surface area contributed by atoms with Gasteiger partial charge in [0.05, 0.1) is 18.1 Å². The number of ether oxygens (including phenoxy) is 1. The molecule has 0 aromatic carbocycles. The highest BCUT2D eigenvalue weighted by molar-refractivity contribution is 6.30. The molecule has 3 rings (SSSR count). The molecule has 1 aromatic rings. The van der Waals surface area contributed by atoms with Crippen LogP contribution in [-0.4, -0.2) is 31.2 Å². The van der Waals surface area contributed by atoms with Crippen LogP contribution < -0.4 is 4.90 Å². The van der Waals surface area contributed by atoms with Gasteiger partial charge in [0.15, 0.2) is 11.6 Å². The van der Waals surface area contributed by atoms with Crippen molar-refractivity contribution in [2.24, 2.45) is 11.3 Å². The fraction of sp³-hybridized carbons (Fsp3) is 0.571. The smallest absolute Gasteiger partial charge is 0.309 e. The van der Waals surface area contributed by atoms with E-state index >= 15 is 0 Å². The molecule has 0 bridgehead atoms. The van der Waals surface area contributed by atoms with Gasteiger partial charge in [0, 0.05) is 19.3 Å². The minimum absolute atomic E-state index is 0.0256. The number of carbonyl (C=O) groups is 1. The molecule has 0 amide bonds. The highest BCUT2D eigenvalue weighted by Gasteiger charge is 2.59. The molecular formula is C14H16ClFN2O2. The lowest BCUT2D eigenvalue weighted by Crippen LogP contribution is -2.36. The van der Waals surface area contributed by atoms with Gasteiger partial charge < -0.3 is 9.64 Å². The molecule has 0 N–H and O–H groups in total. The maximum atomic E-state index is 13.8. The van der Waals surface area contributed by atoms with Crippen LogP contribution in [0.5, 0.6) is 0 Å². The number of carbonyl (C=O) groups excluding carboxylic acids is 1. The van der Waals surface area contributed by atoms with Crippen molar-refractivity contribution < 1.29 is 13.9 Å². The monoisotopic (exact) mass is 298 g/mol. The van der Waals surface area contributed by atoms with E-state index in [0.29, 0.717) is 23.9 Å². The van der Waals surface area contributed by atoms with E-state index in [1.165, 1.54) is 19.4 Å². The Hall–Kier alpha value is -1.36. The van der Waals surface area contributed by atoms with Gasteiger partial charge in [-0.3, -0.25) is 4.79 Å². The van der Waals surface area contributed by atoms with Gasteiger partial charge >= 0.3 is 5.97 Å². The maximum Gasteiger partial charge on any atom is 0.309 e. The summed E-state index contributed by atoms with van der Waals surface area (Å²) in [5.74, 6) is -0.139. The molecule has 2 heterocycles. The quantitative estimate of drug-likeness (QED) is 0.787. The molecule has 20 heavy (non-hydrogen) atoms. The molecule has 1 saturated heterocycles. The summed E-state index contributed by atoms with van der Waals surface area (Å²) in [5, 5.41) is 0.299. The number of hydrogen-bond acceptors (Lipinski definition) is 4.